The van der Waals surface area contributed by atoms with Crippen molar-refractivity contribution in [2.24, 2.45) is 5.92 Å². The van der Waals surface area contributed by atoms with Crippen molar-refractivity contribution in [2.45, 2.75) is 38.1 Å². The topological polar surface area (TPSA) is 101 Å². The van der Waals surface area contributed by atoms with Gasteiger partial charge in [-0.25, -0.2) is 8.42 Å². The highest BCUT2D eigenvalue weighted by Crippen LogP contribution is 2.27. The van der Waals surface area contributed by atoms with E-state index < -0.39 is 22.0 Å². The van der Waals surface area contributed by atoms with E-state index in [1.807, 2.05) is 45.0 Å². The Bertz CT molecular complexity index is 1100. The predicted molar refractivity (Wildman–Crippen MR) is 119 cm³/mol. The fourth-order valence-corrected chi connectivity index (χ4v) is 4.85. The van der Waals surface area contributed by atoms with Crippen molar-refractivity contribution in [2.75, 3.05) is 5.32 Å². The Hall–Kier alpha value is -2.62. The lowest BCUT2D eigenvalue weighted by molar-refractivity contribution is -0.118. The van der Waals surface area contributed by atoms with Gasteiger partial charge in [0.1, 0.15) is 11.0 Å². The maximum absolute atomic E-state index is 12.9. The van der Waals surface area contributed by atoms with Crippen LogP contribution in [0.15, 0.2) is 59.5 Å². The molecule has 0 spiro atoms. The van der Waals surface area contributed by atoms with Crippen LogP contribution >= 0.6 is 11.3 Å². The zero-order valence-corrected chi connectivity index (χ0v) is 18.6. The second kappa shape index (κ2) is 9.46. The molecule has 0 saturated heterocycles. The Morgan fingerprint density at radius 1 is 1.07 bits per heavy atom. The minimum Gasteiger partial charge on any atom is -0.299 e. The number of sulfonamides is 1. The van der Waals surface area contributed by atoms with Crippen LogP contribution in [0.25, 0.3) is 10.6 Å². The van der Waals surface area contributed by atoms with Gasteiger partial charge in [0.25, 0.3) is 0 Å². The Kier molecular flexibility index (Phi) is 6.96. The molecule has 0 bridgehead atoms. The van der Waals surface area contributed by atoms with Crippen molar-refractivity contribution in [1.29, 1.82) is 0 Å². The van der Waals surface area contributed by atoms with E-state index >= 15 is 0 Å². The van der Waals surface area contributed by atoms with Gasteiger partial charge in [-0.15, -0.1) is 10.2 Å². The molecule has 2 atom stereocenters. The summed E-state index contributed by atoms with van der Waals surface area (Å²) in [5.41, 5.74) is 2.04. The average molecular weight is 445 g/mol. The summed E-state index contributed by atoms with van der Waals surface area (Å²) in [6.45, 7) is 5.73. The molecule has 2 N–H and O–H groups in total. The lowest BCUT2D eigenvalue weighted by Crippen LogP contribution is -2.47. The Balaban J connectivity index is 1.77. The lowest BCUT2D eigenvalue weighted by Gasteiger charge is -2.22. The molecule has 0 fully saturated rings. The van der Waals surface area contributed by atoms with Gasteiger partial charge in [0.05, 0.1) is 4.90 Å². The van der Waals surface area contributed by atoms with Gasteiger partial charge in [-0.1, -0.05) is 79.6 Å². The molecule has 3 aromatic rings. The number of rotatable bonds is 8. The molecule has 1 heterocycles. The quantitative estimate of drug-likeness (QED) is 0.550. The molecule has 3 rings (SSSR count). The summed E-state index contributed by atoms with van der Waals surface area (Å²) < 4.78 is 28.0. The average Bonchev–Trinajstić information content (AvgIpc) is 3.21. The van der Waals surface area contributed by atoms with Crippen molar-refractivity contribution in [3.63, 3.8) is 0 Å². The smallest absolute Gasteiger partial charge is 0.244 e. The molecule has 0 radical (unpaired) electrons. The number of nitrogens with one attached hydrogen (secondary N) is 2. The van der Waals surface area contributed by atoms with E-state index in [0.29, 0.717) is 16.6 Å². The fraction of sp³-hybridized carbons (Fsp3) is 0.286. The molecule has 30 heavy (non-hydrogen) atoms. The summed E-state index contributed by atoms with van der Waals surface area (Å²) in [6, 6.07) is 14.9. The first-order valence-corrected chi connectivity index (χ1v) is 11.9. The van der Waals surface area contributed by atoms with Crippen LogP contribution in [-0.4, -0.2) is 30.6 Å². The second-order valence-electron chi connectivity index (χ2n) is 7.07. The molecule has 0 aliphatic rings. The summed E-state index contributed by atoms with van der Waals surface area (Å²) in [5.74, 6) is -0.677. The predicted octanol–water partition coefficient (Wildman–Crippen LogP) is 3.85. The Morgan fingerprint density at radius 3 is 2.37 bits per heavy atom. The van der Waals surface area contributed by atoms with E-state index in [-0.39, 0.29) is 10.8 Å². The SMILES string of the molecule is CCC(C)C(NS(=O)(=O)c1ccccc1)C(=O)Nc1nnc(-c2ccc(C)cc2)s1. The third kappa shape index (κ3) is 5.29. The van der Waals surface area contributed by atoms with E-state index in [9.17, 15) is 13.2 Å². The number of hydrogen-bond donors (Lipinski definition) is 2. The van der Waals surface area contributed by atoms with Crippen molar-refractivity contribution >= 4 is 32.4 Å². The highest BCUT2D eigenvalue weighted by molar-refractivity contribution is 7.89. The molecule has 2 aromatic carbocycles. The van der Waals surface area contributed by atoms with E-state index in [1.165, 1.54) is 23.5 Å². The van der Waals surface area contributed by atoms with Crippen LogP contribution in [-0.2, 0) is 14.8 Å². The molecule has 2 unspecified atom stereocenters. The highest BCUT2D eigenvalue weighted by atomic mass is 32.2. The van der Waals surface area contributed by atoms with E-state index in [4.69, 9.17) is 0 Å². The number of amides is 1. The van der Waals surface area contributed by atoms with E-state index in [1.54, 1.807) is 18.2 Å². The number of benzene rings is 2. The zero-order chi connectivity index (χ0) is 21.7. The standard InChI is InChI=1S/C21H24N4O3S2/c1-4-15(3)18(25-30(27,28)17-8-6-5-7-9-17)19(26)22-21-24-23-20(29-21)16-12-10-14(2)11-13-16/h5-13,15,18,25H,4H2,1-3H3,(H,22,24,26). The molecule has 158 valence electrons. The van der Waals surface area contributed by atoms with Crippen LogP contribution in [0.4, 0.5) is 5.13 Å². The number of aryl methyl sites for hydroxylation is 1. The first-order valence-electron chi connectivity index (χ1n) is 9.59. The Labute approximate surface area is 180 Å². The number of carbonyl (C=O) groups excluding carboxylic acids is 1. The first-order chi connectivity index (χ1) is 14.3. The monoisotopic (exact) mass is 444 g/mol. The van der Waals surface area contributed by atoms with Gasteiger partial charge in [0.15, 0.2) is 0 Å². The fourth-order valence-electron chi connectivity index (χ4n) is 2.77. The third-order valence-electron chi connectivity index (χ3n) is 4.78. The molecule has 0 aliphatic carbocycles. The summed E-state index contributed by atoms with van der Waals surface area (Å²) in [7, 11) is -3.84. The van der Waals surface area contributed by atoms with Crippen molar-refractivity contribution in [3.8, 4) is 10.6 Å². The van der Waals surface area contributed by atoms with Gasteiger partial charge in [-0.2, -0.15) is 4.72 Å². The minimum absolute atomic E-state index is 0.115. The van der Waals surface area contributed by atoms with Gasteiger partial charge in [-0.3, -0.25) is 10.1 Å². The van der Waals surface area contributed by atoms with Crippen LogP contribution < -0.4 is 10.0 Å². The maximum Gasteiger partial charge on any atom is 0.244 e. The normalized spacial score (nSPS) is 13.6. The summed E-state index contributed by atoms with van der Waals surface area (Å²) >= 11 is 1.24. The number of carbonyl (C=O) groups is 1. The number of anilines is 1. The minimum atomic E-state index is -3.84. The van der Waals surface area contributed by atoms with E-state index in [2.05, 4.69) is 20.2 Å². The number of aromatic nitrogens is 2. The Morgan fingerprint density at radius 2 is 1.73 bits per heavy atom. The van der Waals surface area contributed by atoms with Crippen molar-refractivity contribution in [3.05, 3.63) is 60.2 Å². The highest BCUT2D eigenvalue weighted by Gasteiger charge is 2.30. The summed E-state index contributed by atoms with van der Waals surface area (Å²) in [5, 5.41) is 11.9. The van der Waals surface area contributed by atoms with Crippen LogP contribution in [0.1, 0.15) is 25.8 Å². The molecule has 0 saturated carbocycles. The van der Waals surface area contributed by atoms with Gasteiger partial charge in [0, 0.05) is 5.56 Å². The summed E-state index contributed by atoms with van der Waals surface area (Å²) in [6.07, 6.45) is 0.625. The molecule has 7 nitrogen and oxygen atoms in total. The third-order valence-corrected chi connectivity index (χ3v) is 7.13. The molecule has 1 amide bonds. The van der Waals surface area contributed by atoms with Gasteiger partial charge in [0.2, 0.25) is 21.1 Å². The maximum atomic E-state index is 12.9. The lowest BCUT2D eigenvalue weighted by atomic mass is 9.99. The summed E-state index contributed by atoms with van der Waals surface area (Å²) in [4.78, 5) is 13.0. The van der Waals surface area contributed by atoms with Crippen LogP contribution in [0.2, 0.25) is 0 Å². The van der Waals surface area contributed by atoms with Crippen LogP contribution in [0.3, 0.4) is 0 Å². The number of hydrogen-bond acceptors (Lipinski definition) is 6. The second-order valence-corrected chi connectivity index (χ2v) is 9.76. The molecule has 1 aromatic heterocycles. The van der Waals surface area contributed by atoms with E-state index in [0.717, 1.165) is 11.1 Å². The van der Waals surface area contributed by atoms with Crippen molar-refractivity contribution < 1.29 is 13.2 Å². The number of nitrogens with zero attached hydrogens (tertiary/aromatic N) is 2. The molecule has 0 aliphatic heterocycles. The zero-order valence-electron chi connectivity index (χ0n) is 17.0. The van der Waals surface area contributed by atoms with Crippen LogP contribution in [0, 0.1) is 12.8 Å². The van der Waals surface area contributed by atoms with Gasteiger partial charge in [-0.05, 0) is 25.0 Å². The van der Waals surface area contributed by atoms with Gasteiger partial charge < -0.3 is 0 Å². The van der Waals surface area contributed by atoms with Crippen LogP contribution in [0.5, 0.6) is 0 Å². The molecule has 9 heteroatoms. The first kappa shape index (κ1) is 22.1. The van der Waals surface area contributed by atoms with Gasteiger partial charge >= 0.3 is 0 Å². The van der Waals surface area contributed by atoms with Crippen molar-refractivity contribution in [1.82, 2.24) is 14.9 Å². The largest absolute Gasteiger partial charge is 0.299 e. The molecular weight excluding hydrogens is 420 g/mol. The molecular formula is C21H24N4O3S2.